The molecule has 3 aliphatic rings. The molecule has 0 radical (unpaired) electrons. The minimum Gasteiger partial charge on any atom is -0.494 e. The predicted octanol–water partition coefficient (Wildman–Crippen LogP) is 3.00. The van der Waals surface area contributed by atoms with Crippen LogP contribution in [0, 0.1) is 5.41 Å². The third kappa shape index (κ3) is 5.68. The fourth-order valence-electron chi connectivity index (χ4n) is 4.99. The molecular weight excluding hydrogens is 472 g/mol. The molecule has 37 heavy (non-hydrogen) atoms. The van der Waals surface area contributed by atoms with Crippen molar-refractivity contribution in [2.45, 2.75) is 58.4 Å². The van der Waals surface area contributed by atoms with Crippen molar-refractivity contribution in [1.82, 2.24) is 30.4 Å². The van der Waals surface area contributed by atoms with E-state index in [1.807, 2.05) is 44.3 Å². The van der Waals surface area contributed by atoms with Gasteiger partial charge in [0, 0.05) is 51.3 Å². The fraction of sp³-hybridized carbons (Fsp3) is 0.519. The quantitative estimate of drug-likeness (QED) is 0.568. The zero-order valence-corrected chi connectivity index (χ0v) is 21.5. The van der Waals surface area contributed by atoms with E-state index in [2.05, 4.69) is 20.8 Å². The van der Waals surface area contributed by atoms with Gasteiger partial charge in [0.15, 0.2) is 0 Å². The molecule has 0 aliphatic carbocycles. The number of aromatic nitrogens is 4. The minimum absolute atomic E-state index is 0.000165. The van der Waals surface area contributed by atoms with Gasteiger partial charge in [0.25, 0.3) is 5.91 Å². The lowest BCUT2D eigenvalue weighted by Gasteiger charge is -2.40. The number of hydrogen-bond donors (Lipinski definition) is 1. The number of aryl methyl sites for hydroxylation is 1. The second-order valence-corrected chi connectivity index (χ2v) is 10.3. The number of nitrogens with zero attached hydrogens (tertiary/aromatic N) is 5. The van der Waals surface area contributed by atoms with Crippen molar-refractivity contribution in [3.8, 4) is 5.75 Å². The van der Waals surface area contributed by atoms with Gasteiger partial charge in [-0.25, -0.2) is 0 Å². The van der Waals surface area contributed by atoms with Gasteiger partial charge < -0.3 is 19.5 Å². The molecule has 0 saturated carbocycles. The molecule has 1 saturated heterocycles. The molecule has 0 unspecified atom stereocenters. The van der Waals surface area contributed by atoms with Gasteiger partial charge >= 0.3 is 0 Å². The first-order chi connectivity index (χ1) is 17.9. The van der Waals surface area contributed by atoms with Crippen LogP contribution >= 0.6 is 0 Å². The number of piperidine rings is 1. The fourth-order valence-corrected chi connectivity index (χ4v) is 4.99. The Bertz CT molecular complexity index is 1220. The summed E-state index contributed by atoms with van der Waals surface area (Å²) in [4.78, 5) is 28.4. The van der Waals surface area contributed by atoms with Crippen LogP contribution in [-0.4, -0.2) is 63.1 Å². The van der Waals surface area contributed by atoms with Crippen molar-refractivity contribution in [2.24, 2.45) is 5.41 Å². The molecule has 1 aromatic carbocycles. The van der Waals surface area contributed by atoms with Gasteiger partial charge in [0.2, 0.25) is 11.7 Å². The Hall–Kier alpha value is -3.69. The first-order valence-corrected chi connectivity index (χ1v) is 13.1. The van der Waals surface area contributed by atoms with Crippen molar-refractivity contribution in [3.63, 3.8) is 0 Å². The molecule has 6 rings (SSSR count). The molecule has 0 atom stereocenters. The van der Waals surface area contributed by atoms with Gasteiger partial charge in [0.05, 0.1) is 23.4 Å². The molecule has 5 heterocycles. The van der Waals surface area contributed by atoms with Crippen molar-refractivity contribution < 1.29 is 18.8 Å². The van der Waals surface area contributed by atoms with Gasteiger partial charge in [-0.05, 0) is 42.9 Å². The number of fused-ring (bicyclic) bond motifs is 8. The van der Waals surface area contributed by atoms with Gasteiger partial charge in [-0.15, -0.1) is 5.10 Å². The van der Waals surface area contributed by atoms with Crippen LogP contribution in [0.4, 0.5) is 0 Å². The summed E-state index contributed by atoms with van der Waals surface area (Å²) in [6.45, 7) is 6.73. The van der Waals surface area contributed by atoms with Gasteiger partial charge in [-0.2, -0.15) is 0 Å². The molecule has 1 spiro atoms. The minimum atomic E-state index is -0.664. The van der Waals surface area contributed by atoms with E-state index >= 15 is 0 Å². The number of rotatable bonds is 2. The van der Waals surface area contributed by atoms with E-state index in [0.717, 1.165) is 35.5 Å². The Morgan fingerprint density at radius 1 is 1.14 bits per heavy atom. The second-order valence-electron chi connectivity index (χ2n) is 10.3. The Kier molecular flexibility index (Phi) is 7.25. The van der Waals surface area contributed by atoms with Gasteiger partial charge in [-0.3, -0.25) is 14.3 Å². The molecular formula is C27H34N6O4. The van der Waals surface area contributed by atoms with Crippen molar-refractivity contribution in [3.05, 3.63) is 59.2 Å². The highest BCUT2D eigenvalue weighted by Crippen LogP contribution is 2.36. The number of hydrogen-bond acceptors (Lipinski definition) is 7. The number of amides is 2. The summed E-state index contributed by atoms with van der Waals surface area (Å²) in [5, 5.41) is 15.8. The number of benzene rings is 1. The summed E-state index contributed by atoms with van der Waals surface area (Å²) in [5.41, 5.74) is 2.02. The standard InChI is InChI=1S/C27H34N6O4/c1-19(2)23-16-24(37-30-23)25(34)32-13-9-27(10-14-32)17-21-18-33(31-29-21)12-3-15-36-22-6-4-20(5-7-22)8-11-28-26(27)35/h4-7,16,18-19H,3,8-15,17H2,1-2H3,(H,28,35). The third-order valence-corrected chi connectivity index (χ3v) is 7.35. The van der Waals surface area contributed by atoms with E-state index in [-0.39, 0.29) is 23.5 Å². The molecule has 10 nitrogen and oxygen atoms in total. The molecule has 3 aliphatic heterocycles. The first kappa shape index (κ1) is 25.0. The maximum Gasteiger partial charge on any atom is 0.292 e. The summed E-state index contributed by atoms with van der Waals surface area (Å²) >= 11 is 0. The van der Waals surface area contributed by atoms with E-state index in [4.69, 9.17) is 9.26 Å². The first-order valence-electron chi connectivity index (χ1n) is 13.1. The van der Waals surface area contributed by atoms with Crippen LogP contribution in [0.15, 0.2) is 41.1 Å². The zero-order chi connectivity index (χ0) is 25.8. The summed E-state index contributed by atoms with van der Waals surface area (Å²) in [6.07, 6.45) is 4.99. The predicted molar refractivity (Wildman–Crippen MR) is 135 cm³/mol. The molecule has 2 amide bonds. The average Bonchev–Trinajstić information content (AvgIpc) is 3.57. The van der Waals surface area contributed by atoms with Crippen LogP contribution in [0.3, 0.4) is 0 Å². The number of nitrogens with one attached hydrogen (secondary N) is 1. The van der Waals surface area contributed by atoms with Crippen molar-refractivity contribution in [1.29, 1.82) is 0 Å². The highest BCUT2D eigenvalue weighted by Gasteiger charge is 2.43. The SMILES string of the molecule is CC(C)c1cc(C(=O)N2CCC3(CC2)Cc2cn(nn2)CCCOc2ccc(cc2)CCNC3=O)on1. The van der Waals surface area contributed by atoms with E-state index in [9.17, 15) is 9.59 Å². The van der Waals surface area contributed by atoms with E-state index < -0.39 is 5.41 Å². The smallest absolute Gasteiger partial charge is 0.292 e. The molecule has 1 fully saturated rings. The maximum absolute atomic E-state index is 13.6. The Morgan fingerprint density at radius 2 is 1.92 bits per heavy atom. The normalized spacial score (nSPS) is 18.5. The van der Waals surface area contributed by atoms with Crippen LogP contribution in [0.5, 0.6) is 5.75 Å². The molecule has 3 aromatic rings. The monoisotopic (exact) mass is 506 g/mol. The lowest BCUT2D eigenvalue weighted by Crippen LogP contribution is -2.51. The van der Waals surface area contributed by atoms with Crippen LogP contribution < -0.4 is 10.1 Å². The third-order valence-electron chi connectivity index (χ3n) is 7.35. The molecule has 4 bridgehead atoms. The van der Waals surface area contributed by atoms with E-state index in [0.29, 0.717) is 52.0 Å². The van der Waals surface area contributed by atoms with Crippen LogP contribution in [0.2, 0.25) is 0 Å². The zero-order valence-electron chi connectivity index (χ0n) is 21.5. The summed E-state index contributed by atoms with van der Waals surface area (Å²) in [7, 11) is 0. The lowest BCUT2D eigenvalue weighted by atomic mass is 9.74. The number of carbonyl (C=O) groups is 2. The van der Waals surface area contributed by atoms with E-state index in [1.165, 1.54) is 0 Å². The summed E-state index contributed by atoms with van der Waals surface area (Å²) in [5.74, 6) is 1.08. The van der Waals surface area contributed by atoms with Gasteiger partial charge in [0.1, 0.15) is 5.75 Å². The highest BCUT2D eigenvalue weighted by atomic mass is 16.5. The maximum atomic E-state index is 13.6. The molecule has 2 aromatic heterocycles. The average molecular weight is 507 g/mol. The Morgan fingerprint density at radius 3 is 2.65 bits per heavy atom. The Balaban J connectivity index is 1.32. The topological polar surface area (TPSA) is 115 Å². The number of likely N-dealkylation sites (tertiary alicyclic amines) is 1. The Labute approximate surface area is 216 Å². The molecule has 10 heteroatoms. The number of ether oxygens (including phenoxy) is 1. The van der Waals surface area contributed by atoms with Crippen molar-refractivity contribution >= 4 is 11.8 Å². The molecule has 196 valence electrons. The largest absolute Gasteiger partial charge is 0.494 e. The van der Waals surface area contributed by atoms with Crippen LogP contribution in [-0.2, 0) is 24.2 Å². The molecule has 1 N–H and O–H groups in total. The summed E-state index contributed by atoms with van der Waals surface area (Å²) in [6, 6.07) is 9.73. The van der Waals surface area contributed by atoms with Crippen molar-refractivity contribution in [2.75, 3.05) is 26.2 Å². The number of carbonyl (C=O) groups excluding carboxylic acids is 2. The van der Waals surface area contributed by atoms with Crippen LogP contribution in [0.25, 0.3) is 0 Å². The van der Waals surface area contributed by atoms with E-state index in [1.54, 1.807) is 15.6 Å². The lowest BCUT2D eigenvalue weighted by molar-refractivity contribution is -0.133. The van der Waals surface area contributed by atoms with Gasteiger partial charge in [-0.1, -0.05) is 36.4 Å². The highest BCUT2D eigenvalue weighted by molar-refractivity contribution is 5.92. The second kappa shape index (κ2) is 10.7. The van der Waals surface area contributed by atoms with Crippen LogP contribution in [0.1, 0.15) is 66.5 Å². The summed E-state index contributed by atoms with van der Waals surface area (Å²) < 4.78 is 13.0.